The minimum Gasteiger partial charge on any atom is -0.329 e. The quantitative estimate of drug-likeness (QED) is 0.783. The Labute approximate surface area is 94.8 Å². The lowest BCUT2D eigenvalue weighted by Crippen LogP contribution is -2.12. The first kappa shape index (κ1) is 12.0. The molecule has 0 fully saturated rings. The summed E-state index contributed by atoms with van der Waals surface area (Å²) in [6.45, 7) is 2.93. The molecule has 1 rings (SSSR count). The third kappa shape index (κ3) is 3.95. The van der Waals surface area contributed by atoms with Crippen LogP contribution >= 0.6 is 23.5 Å². The first-order valence-electron chi connectivity index (χ1n) is 4.71. The molecule has 0 heterocycles. The van der Waals surface area contributed by atoms with Crippen LogP contribution in [0.25, 0.3) is 0 Å². The van der Waals surface area contributed by atoms with Crippen molar-refractivity contribution in [1.82, 2.24) is 0 Å². The number of benzene rings is 1. The zero-order valence-electron chi connectivity index (χ0n) is 8.69. The summed E-state index contributed by atoms with van der Waals surface area (Å²) >= 11 is 3.69. The molecule has 0 radical (unpaired) electrons. The maximum absolute atomic E-state index is 5.56. The Morgan fingerprint density at radius 1 is 1.29 bits per heavy atom. The van der Waals surface area contributed by atoms with Crippen LogP contribution in [-0.2, 0) is 5.75 Å². The summed E-state index contributed by atoms with van der Waals surface area (Å²) in [7, 11) is 0. The van der Waals surface area contributed by atoms with E-state index >= 15 is 0 Å². The molecule has 0 aliphatic carbocycles. The smallest absolute Gasteiger partial charge is 0.0187 e. The minimum absolute atomic E-state index is 0.551. The molecule has 0 saturated heterocycles. The lowest BCUT2D eigenvalue weighted by molar-refractivity contribution is 0.950. The maximum atomic E-state index is 5.56. The molecule has 0 aromatic heterocycles. The van der Waals surface area contributed by atoms with Gasteiger partial charge in [-0.2, -0.15) is 11.8 Å². The number of hydrogen-bond acceptors (Lipinski definition) is 3. The fourth-order valence-corrected chi connectivity index (χ4v) is 2.24. The molecule has 0 aliphatic rings. The Morgan fingerprint density at radius 2 is 1.93 bits per heavy atom. The molecule has 0 bridgehead atoms. The summed E-state index contributed by atoms with van der Waals surface area (Å²) in [6, 6.07) is 8.74. The van der Waals surface area contributed by atoms with E-state index in [0.29, 0.717) is 5.25 Å². The zero-order chi connectivity index (χ0) is 10.4. The summed E-state index contributed by atoms with van der Waals surface area (Å²) < 4.78 is 0. The second kappa shape index (κ2) is 6.38. The van der Waals surface area contributed by atoms with Crippen LogP contribution in [0.1, 0.15) is 12.5 Å². The Kier molecular flexibility index (Phi) is 5.45. The Bertz CT molecular complexity index is 258. The van der Waals surface area contributed by atoms with Crippen molar-refractivity contribution in [3.8, 4) is 0 Å². The molecule has 2 N–H and O–H groups in total. The third-order valence-electron chi connectivity index (χ3n) is 2.03. The van der Waals surface area contributed by atoms with Gasteiger partial charge < -0.3 is 5.73 Å². The predicted molar refractivity (Wildman–Crippen MR) is 68.0 cm³/mol. The van der Waals surface area contributed by atoms with E-state index in [9.17, 15) is 0 Å². The van der Waals surface area contributed by atoms with Crippen LogP contribution in [0, 0.1) is 0 Å². The highest BCUT2D eigenvalue weighted by Gasteiger charge is 2.00. The van der Waals surface area contributed by atoms with Crippen molar-refractivity contribution in [2.75, 3.05) is 12.8 Å². The van der Waals surface area contributed by atoms with E-state index < -0.39 is 0 Å². The monoisotopic (exact) mass is 227 g/mol. The largest absolute Gasteiger partial charge is 0.329 e. The predicted octanol–water partition coefficient (Wildman–Crippen LogP) is 2.99. The van der Waals surface area contributed by atoms with E-state index in [1.54, 1.807) is 11.8 Å². The normalized spacial score (nSPS) is 12.8. The molecule has 1 nitrogen and oxygen atoms in total. The van der Waals surface area contributed by atoms with Gasteiger partial charge in [-0.1, -0.05) is 19.1 Å². The van der Waals surface area contributed by atoms with Crippen LogP contribution in [0.2, 0.25) is 0 Å². The van der Waals surface area contributed by atoms with Gasteiger partial charge in [0.2, 0.25) is 0 Å². The molecule has 1 aromatic carbocycles. The number of nitrogens with two attached hydrogens (primary N) is 1. The minimum atomic E-state index is 0.551. The van der Waals surface area contributed by atoms with Crippen molar-refractivity contribution in [2.24, 2.45) is 5.73 Å². The number of thioether (sulfide) groups is 2. The molecule has 3 heteroatoms. The lowest BCUT2D eigenvalue weighted by Gasteiger charge is -2.08. The van der Waals surface area contributed by atoms with Gasteiger partial charge in [-0.05, 0) is 24.0 Å². The second-order valence-electron chi connectivity index (χ2n) is 3.21. The summed E-state index contributed by atoms with van der Waals surface area (Å²) in [5.74, 6) is 1.06. The molecule has 14 heavy (non-hydrogen) atoms. The molecule has 1 atom stereocenters. The van der Waals surface area contributed by atoms with Crippen molar-refractivity contribution in [2.45, 2.75) is 22.8 Å². The molecule has 1 aromatic rings. The number of rotatable bonds is 5. The Balaban J connectivity index is 2.43. The van der Waals surface area contributed by atoms with Crippen LogP contribution in [0.3, 0.4) is 0 Å². The van der Waals surface area contributed by atoms with Crippen molar-refractivity contribution in [3.63, 3.8) is 0 Å². The maximum Gasteiger partial charge on any atom is 0.0187 e. The average Bonchev–Trinajstić information content (AvgIpc) is 2.26. The number of hydrogen-bond donors (Lipinski definition) is 1. The van der Waals surface area contributed by atoms with Gasteiger partial charge in [0.05, 0.1) is 0 Å². The van der Waals surface area contributed by atoms with E-state index in [-0.39, 0.29) is 0 Å². The standard InChI is InChI=1S/C11H17NS2/c1-9(7-12)14-8-10-3-5-11(13-2)6-4-10/h3-6,9H,7-8,12H2,1-2H3. The van der Waals surface area contributed by atoms with Crippen molar-refractivity contribution in [1.29, 1.82) is 0 Å². The summed E-state index contributed by atoms with van der Waals surface area (Å²) in [5, 5.41) is 0.551. The Morgan fingerprint density at radius 3 is 2.43 bits per heavy atom. The van der Waals surface area contributed by atoms with Crippen molar-refractivity contribution >= 4 is 23.5 Å². The fraction of sp³-hybridized carbons (Fsp3) is 0.455. The summed E-state index contributed by atoms with van der Waals surface area (Å²) in [5.41, 5.74) is 6.94. The van der Waals surface area contributed by atoms with Gasteiger partial charge >= 0.3 is 0 Å². The van der Waals surface area contributed by atoms with Crippen LogP contribution in [-0.4, -0.2) is 18.1 Å². The molecule has 78 valence electrons. The highest BCUT2D eigenvalue weighted by Crippen LogP contribution is 2.20. The highest BCUT2D eigenvalue weighted by atomic mass is 32.2. The Hall–Kier alpha value is -0.120. The van der Waals surface area contributed by atoms with Gasteiger partial charge in [0.15, 0.2) is 0 Å². The molecular weight excluding hydrogens is 210 g/mol. The van der Waals surface area contributed by atoms with Crippen molar-refractivity contribution < 1.29 is 0 Å². The van der Waals surface area contributed by atoms with E-state index in [0.717, 1.165) is 12.3 Å². The van der Waals surface area contributed by atoms with E-state index in [1.807, 2.05) is 11.8 Å². The van der Waals surface area contributed by atoms with Gasteiger partial charge in [-0.3, -0.25) is 0 Å². The van der Waals surface area contributed by atoms with Gasteiger partial charge in [-0.15, -0.1) is 11.8 Å². The van der Waals surface area contributed by atoms with Gasteiger partial charge in [-0.25, -0.2) is 0 Å². The fourth-order valence-electron chi connectivity index (χ4n) is 1.03. The van der Waals surface area contributed by atoms with Crippen LogP contribution in [0.5, 0.6) is 0 Å². The molecule has 0 aliphatic heterocycles. The summed E-state index contributed by atoms with van der Waals surface area (Å²) in [6.07, 6.45) is 2.10. The summed E-state index contributed by atoms with van der Waals surface area (Å²) in [4.78, 5) is 1.32. The van der Waals surface area contributed by atoms with Gasteiger partial charge in [0, 0.05) is 22.4 Å². The van der Waals surface area contributed by atoms with E-state index in [2.05, 4.69) is 37.4 Å². The lowest BCUT2D eigenvalue weighted by atomic mass is 10.2. The van der Waals surface area contributed by atoms with E-state index in [4.69, 9.17) is 5.73 Å². The van der Waals surface area contributed by atoms with Crippen LogP contribution in [0.4, 0.5) is 0 Å². The SMILES string of the molecule is CSc1ccc(CSC(C)CN)cc1. The second-order valence-corrected chi connectivity index (χ2v) is 5.51. The molecule has 1 unspecified atom stereocenters. The van der Waals surface area contributed by atoms with Crippen LogP contribution < -0.4 is 5.73 Å². The topological polar surface area (TPSA) is 26.0 Å². The first-order chi connectivity index (χ1) is 6.76. The molecule has 0 spiro atoms. The van der Waals surface area contributed by atoms with E-state index in [1.165, 1.54) is 10.5 Å². The van der Waals surface area contributed by atoms with Gasteiger partial charge in [0.25, 0.3) is 0 Å². The molecular formula is C11H17NS2. The van der Waals surface area contributed by atoms with Crippen LogP contribution in [0.15, 0.2) is 29.2 Å². The first-order valence-corrected chi connectivity index (χ1v) is 6.98. The van der Waals surface area contributed by atoms with Gasteiger partial charge in [0.1, 0.15) is 0 Å². The third-order valence-corrected chi connectivity index (χ3v) is 4.03. The zero-order valence-corrected chi connectivity index (χ0v) is 10.3. The van der Waals surface area contributed by atoms with Crippen molar-refractivity contribution in [3.05, 3.63) is 29.8 Å². The average molecular weight is 227 g/mol. The molecule has 0 amide bonds. The molecule has 0 saturated carbocycles. The highest BCUT2D eigenvalue weighted by molar-refractivity contribution is 7.99.